The number of rotatable bonds is 10. The first kappa shape index (κ1) is 52.1. The first-order valence-electron chi connectivity index (χ1n) is 22.9. The van der Waals surface area contributed by atoms with E-state index in [0.717, 1.165) is 76.9 Å². The van der Waals surface area contributed by atoms with Gasteiger partial charge in [-0.25, -0.2) is 0 Å². The van der Waals surface area contributed by atoms with Gasteiger partial charge in [-0.3, -0.25) is 0 Å². The summed E-state index contributed by atoms with van der Waals surface area (Å²) in [4.78, 5) is 0. The minimum atomic E-state index is 0.428. The lowest BCUT2D eigenvalue weighted by atomic mass is 9.33. The molecule has 0 nitrogen and oxygen atoms in total. The lowest BCUT2D eigenvalue weighted by Gasteiger charge is -2.71. The molecule has 11 unspecified atom stereocenters. The number of hydrogen-bond acceptors (Lipinski definition) is 0. The average molecular weight is 705 g/mol. The van der Waals surface area contributed by atoms with Gasteiger partial charge >= 0.3 is 0 Å². The zero-order valence-electron chi connectivity index (χ0n) is 40.2. The van der Waals surface area contributed by atoms with Crippen molar-refractivity contribution in [1.29, 1.82) is 0 Å². The molecule has 0 heteroatoms. The van der Waals surface area contributed by atoms with Gasteiger partial charge in [-0.1, -0.05) is 186 Å². The molecule has 0 heterocycles. The Morgan fingerprint density at radius 3 is 1.46 bits per heavy atom. The quantitative estimate of drug-likeness (QED) is 0.212. The van der Waals surface area contributed by atoms with E-state index in [2.05, 4.69) is 132 Å². The van der Waals surface area contributed by atoms with Crippen LogP contribution in [0.1, 0.15) is 224 Å². The Morgan fingerprint density at radius 1 is 0.640 bits per heavy atom. The summed E-state index contributed by atoms with van der Waals surface area (Å²) in [5, 5.41) is 0. The zero-order chi connectivity index (χ0) is 40.2. The lowest BCUT2D eigenvalue weighted by Crippen LogP contribution is -2.65. The van der Waals surface area contributed by atoms with Gasteiger partial charge in [0.25, 0.3) is 0 Å². The largest absolute Gasteiger partial charge is 0.0683 e. The summed E-state index contributed by atoms with van der Waals surface area (Å²) in [5.41, 5.74) is 1.89. The summed E-state index contributed by atoms with van der Waals surface area (Å²) in [6.07, 6.45) is 11.5. The number of hydrogen-bond donors (Lipinski definition) is 0. The molecule has 11 atom stereocenters. The highest BCUT2D eigenvalue weighted by Crippen LogP contribution is 2.76. The van der Waals surface area contributed by atoms with Crippen LogP contribution in [-0.4, -0.2) is 0 Å². The van der Waals surface area contributed by atoms with Gasteiger partial charge in [0.15, 0.2) is 0 Å². The van der Waals surface area contributed by atoms with E-state index in [4.69, 9.17) is 0 Å². The van der Waals surface area contributed by atoms with E-state index in [1.165, 1.54) is 51.4 Å². The maximum absolute atomic E-state index is 2.79. The summed E-state index contributed by atoms with van der Waals surface area (Å²) in [7, 11) is 0. The SMILES string of the molecule is CC.CC.CC.CC(C)CC(CC(C)(C)C)C(C)C1CC2C(C)C3(C)C(C)C(C(C)C)C(C)CC3(C(C)C)CC2(C)C1.CC(C)CCC(C)C. The van der Waals surface area contributed by atoms with Crippen LogP contribution in [0, 0.1) is 98.6 Å². The molecule has 0 spiro atoms. The molecule has 3 aliphatic rings. The zero-order valence-corrected chi connectivity index (χ0v) is 40.2. The predicted octanol–water partition coefficient (Wildman–Crippen LogP) is 17.5. The molecule has 0 amide bonds. The lowest BCUT2D eigenvalue weighted by molar-refractivity contribution is -0.230. The Morgan fingerprint density at radius 2 is 1.10 bits per heavy atom. The van der Waals surface area contributed by atoms with Crippen molar-refractivity contribution in [3.63, 3.8) is 0 Å². The van der Waals surface area contributed by atoms with Gasteiger partial charge in [-0.2, -0.15) is 0 Å². The van der Waals surface area contributed by atoms with Crippen molar-refractivity contribution in [2.45, 2.75) is 224 Å². The Labute approximate surface area is 322 Å². The van der Waals surface area contributed by atoms with Crippen molar-refractivity contribution in [2.75, 3.05) is 0 Å². The molecular weight excluding hydrogens is 601 g/mol. The molecule has 0 saturated heterocycles. The van der Waals surface area contributed by atoms with Gasteiger partial charge in [0.2, 0.25) is 0 Å². The Bertz CT molecular complexity index is 846. The molecular formula is C50H104. The van der Waals surface area contributed by atoms with Crippen LogP contribution >= 0.6 is 0 Å². The highest BCUT2D eigenvalue weighted by atomic mass is 14.7. The summed E-state index contributed by atoms with van der Waals surface area (Å²) in [5.74, 6) is 11.0. The molecule has 3 fully saturated rings. The van der Waals surface area contributed by atoms with Crippen LogP contribution in [0.2, 0.25) is 0 Å². The maximum atomic E-state index is 2.79. The highest BCUT2D eigenvalue weighted by Gasteiger charge is 2.69. The molecule has 0 N–H and O–H groups in total. The average Bonchev–Trinajstić information content (AvgIpc) is 3.36. The molecule has 0 aromatic rings. The van der Waals surface area contributed by atoms with Gasteiger partial charge < -0.3 is 0 Å². The van der Waals surface area contributed by atoms with Crippen molar-refractivity contribution in [2.24, 2.45) is 98.6 Å². The van der Waals surface area contributed by atoms with Crippen molar-refractivity contribution in [3.05, 3.63) is 0 Å². The number of fused-ring (bicyclic) bond motifs is 2. The van der Waals surface area contributed by atoms with Crippen molar-refractivity contribution < 1.29 is 0 Å². The minimum Gasteiger partial charge on any atom is -0.0683 e. The molecule has 3 saturated carbocycles. The smallest absolute Gasteiger partial charge is 0.0207 e. The minimum absolute atomic E-state index is 0.428. The third-order valence-corrected chi connectivity index (χ3v) is 14.7. The molecule has 3 rings (SSSR count). The Hall–Kier alpha value is 0. The van der Waals surface area contributed by atoms with E-state index >= 15 is 0 Å². The van der Waals surface area contributed by atoms with Gasteiger partial charge in [-0.05, 0) is 137 Å². The third kappa shape index (κ3) is 12.8. The Kier molecular flexibility index (Phi) is 23.3. The van der Waals surface area contributed by atoms with Crippen LogP contribution in [0.5, 0.6) is 0 Å². The van der Waals surface area contributed by atoms with E-state index < -0.39 is 0 Å². The molecule has 3 aliphatic carbocycles. The fraction of sp³-hybridized carbons (Fsp3) is 1.00. The second kappa shape index (κ2) is 22.4. The topological polar surface area (TPSA) is 0 Å². The second-order valence-corrected chi connectivity index (χ2v) is 21.2. The molecule has 0 aliphatic heterocycles. The maximum Gasteiger partial charge on any atom is -0.0207 e. The van der Waals surface area contributed by atoms with E-state index in [0.29, 0.717) is 21.7 Å². The first-order valence-corrected chi connectivity index (χ1v) is 22.9. The molecule has 0 aromatic heterocycles. The van der Waals surface area contributed by atoms with Crippen LogP contribution in [-0.2, 0) is 0 Å². The summed E-state index contributed by atoms with van der Waals surface area (Å²) >= 11 is 0. The molecule has 0 bridgehead atoms. The van der Waals surface area contributed by atoms with Gasteiger partial charge in [0.1, 0.15) is 0 Å². The van der Waals surface area contributed by atoms with Gasteiger partial charge in [0.05, 0.1) is 0 Å². The van der Waals surface area contributed by atoms with E-state index in [1.807, 2.05) is 41.5 Å². The van der Waals surface area contributed by atoms with E-state index in [9.17, 15) is 0 Å². The van der Waals surface area contributed by atoms with Gasteiger partial charge in [-0.15, -0.1) is 0 Å². The van der Waals surface area contributed by atoms with Crippen LogP contribution in [0.15, 0.2) is 0 Å². The van der Waals surface area contributed by atoms with Crippen molar-refractivity contribution in [1.82, 2.24) is 0 Å². The van der Waals surface area contributed by atoms with Crippen LogP contribution < -0.4 is 0 Å². The van der Waals surface area contributed by atoms with Crippen LogP contribution in [0.4, 0.5) is 0 Å². The van der Waals surface area contributed by atoms with Crippen LogP contribution in [0.25, 0.3) is 0 Å². The predicted molar refractivity (Wildman–Crippen MR) is 234 cm³/mol. The van der Waals surface area contributed by atoms with E-state index in [-0.39, 0.29) is 0 Å². The van der Waals surface area contributed by atoms with Gasteiger partial charge in [0, 0.05) is 0 Å². The first-order chi connectivity index (χ1) is 22.9. The van der Waals surface area contributed by atoms with Crippen molar-refractivity contribution >= 4 is 0 Å². The molecule has 0 aromatic carbocycles. The van der Waals surface area contributed by atoms with E-state index in [1.54, 1.807) is 0 Å². The molecule has 0 radical (unpaired) electrons. The summed E-state index contributed by atoms with van der Waals surface area (Å²) in [6.45, 7) is 59.9. The van der Waals surface area contributed by atoms with Crippen LogP contribution in [0.3, 0.4) is 0 Å². The van der Waals surface area contributed by atoms with Crippen molar-refractivity contribution in [3.8, 4) is 0 Å². The fourth-order valence-corrected chi connectivity index (χ4v) is 12.6. The molecule has 304 valence electrons. The Balaban J connectivity index is 0. The third-order valence-electron chi connectivity index (χ3n) is 14.7. The normalized spacial score (nSPS) is 34.7. The summed E-state index contributed by atoms with van der Waals surface area (Å²) in [6, 6.07) is 0. The highest BCUT2D eigenvalue weighted by molar-refractivity contribution is 5.17. The summed E-state index contributed by atoms with van der Waals surface area (Å²) < 4.78 is 0. The monoisotopic (exact) mass is 705 g/mol. The standard InChI is InChI=1S/C36H68.C8H18.3C2H6/c1-22(2)16-29(19-33(11,12)13)26(8)30-17-31-27(9)35(15)28(10)32(23(3)4)25(7)18-36(35,24(5)6)21-34(31,14)20-30;1-7(2)5-6-8(3)4;3*1-2/h22-32H,16-21H2,1-15H3;7-8H,5-6H2,1-4H3;3*1-2H3. The fourth-order valence-electron chi connectivity index (χ4n) is 12.6. The molecule has 50 heavy (non-hydrogen) atoms. The second-order valence-electron chi connectivity index (χ2n) is 21.2.